The highest BCUT2D eigenvalue weighted by atomic mass is 35.5. The van der Waals surface area contributed by atoms with Crippen LogP contribution in [0.5, 0.6) is 5.75 Å². The van der Waals surface area contributed by atoms with E-state index in [1.54, 1.807) is 13.2 Å². The molecule has 1 aliphatic rings. The Morgan fingerprint density at radius 1 is 1.29 bits per heavy atom. The van der Waals surface area contributed by atoms with E-state index in [4.69, 9.17) is 20.8 Å². The van der Waals surface area contributed by atoms with Crippen molar-refractivity contribution in [1.29, 1.82) is 0 Å². The molecule has 0 saturated carbocycles. The van der Waals surface area contributed by atoms with Gasteiger partial charge in [0.1, 0.15) is 5.75 Å². The van der Waals surface area contributed by atoms with Crippen molar-refractivity contribution in [3.63, 3.8) is 0 Å². The Bertz CT molecular complexity index is 678. The van der Waals surface area contributed by atoms with Crippen LogP contribution in [-0.4, -0.2) is 37.6 Å². The SMILES string of the molecule is COc1ccc([C@H](CN2CCCC2)NC(=O)c2ccoc2Cl)cc1. The summed E-state index contributed by atoms with van der Waals surface area (Å²) in [6.45, 7) is 2.90. The van der Waals surface area contributed by atoms with Gasteiger partial charge >= 0.3 is 0 Å². The molecule has 1 aliphatic heterocycles. The van der Waals surface area contributed by atoms with Gasteiger partial charge in [-0.2, -0.15) is 0 Å². The van der Waals surface area contributed by atoms with Crippen molar-refractivity contribution < 1.29 is 13.9 Å². The Kier molecular flexibility index (Phi) is 5.43. The summed E-state index contributed by atoms with van der Waals surface area (Å²) < 4.78 is 10.2. The van der Waals surface area contributed by atoms with Crippen LogP contribution in [0.15, 0.2) is 41.0 Å². The van der Waals surface area contributed by atoms with E-state index in [-0.39, 0.29) is 17.2 Å². The molecule has 1 fully saturated rings. The molecule has 2 heterocycles. The molecule has 3 rings (SSSR count). The molecule has 128 valence electrons. The monoisotopic (exact) mass is 348 g/mol. The standard InChI is InChI=1S/C18H21ClN2O3/c1-23-14-6-4-13(5-7-14)16(12-21-9-2-3-10-21)20-18(22)15-8-11-24-17(15)19/h4-8,11,16H,2-3,9-10,12H2,1H3,(H,20,22)/t16-/m0/s1. The number of carbonyl (C=O) groups is 1. The first-order valence-corrected chi connectivity index (χ1v) is 8.45. The van der Waals surface area contributed by atoms with Gasteiger partial charge in [-0.15, -0.1) is 0 Å². The quantitative estimate of drug-likeness (QED) is 0.868. The molecule has 2 aromatic rings. The smallest absolute Gasteiger partial charge is 0.256 e. The molecular weight excluding hydrogens is 328 g/mol. The summed E-state index contributed by atoms with van der Waals surface area (Å²) in [6, 6.07) is 9.24. The molecule has 0 unspecified atom stereocenters. The number of rotatable bonds is 6. The molecule has 0 radical (unpaired) electrons. The normalized spacial score (nSPS) is 16.1. The number of ether oxygens (including phenoxy) is 1. The molecule has 0 spiro atoms. The van der Waals surface area contributed by atoms with Crippen LogP contribution >= 0.6 is 11.6 Å². The zero-order valence-electron chi connectivity index (χ0n) is 13.6. The minimum absolute atomic E-state index is 0.113. The van der Waals surface area contributed by atoms with Crippen molar-refractivity contribution in [3.05, 3.63) is 52.9 Å². The summed E-state index contributed by atoms with van der Waals surface area (Å²) in [5.41, 5.74) is 1.40. The fourth-order valence-corrected chi connectivity index (χ4v) is 3.19. The lowest BCUT2D eigenvalue weighted by atomic mass is 10.1. The van der Waals surface area contributed by atoms with Gasteiger partial charge in [0.15, 0.2) is 0 Å². The van der Waals surface area contributed by atoms with Gasteiger partial charge in [0.25, 0.3) is 5.91 Å². The number of halogens is 1. The molecule has 5 nitrogen and oxygen atoms in total. The summed E-state index contributed by atoms with van der Waals surface area (Å²) in [4.78, 5) is 14.9. The lowest BCUT2D eigenvalue weighted by Crippen LogP contribution is -2.37. The number of carbonyl (C=O) groups excluding carboxylic acids is 1. The Morgan fingerprint density at radius 2 is 2.00 bits per heavy atom. The second-order valence-electron chi connectivity index (χ2n) is 5.91. The van der Waals surface area contributed by atoms with Crippen molar-refractivity contribution in [3.8, 4) is 5.75 Å². The molecule has 24 heavy (non-hydrogen) atoms. The zero-order valence-corrected chi connectivity index (χ0v) is 14.4. The van der Waals surface area contributed by atoms with Gasteiger partial charge < -0.3 is 19.4 Å². The van der Waals surface area contributed by atoms with E-state index in [0.717, 1.165) is 30.9 Å². The summed E-state index contributed by atoms with van der Waals surface area (Å²) in [5, 5.41) is 3.19. The second-order valence-corrected chi connectivity index (χ2v) is 6.26. The molecular formula is C18H21ClN2O3. The van der Waals surface area contributed by atoms with Gasteiger partial charge in [0.2, 0.25) is 5.22 Å². The van der Waals surface area contributed by atoms with Gasteiger partial charge in [-0.25, -0.2) is 0 Å². The molecule has 0 aliphatic carbocycles. The van der Waals surface area contributed by atoms with Gasteiger partial charge in [-0.3, -0.25) is 4.79 Å². The summed E-state index contributed by atoms with van der Waals surface area (Å²) >= 11 is 5.92. The molecule has 1 aromatic heterocycles. The number of nitrogens with zero attached hydrogens (tertiary/aromatic N) is 1. The van der Waals surface area contributed by atoms with Crippen molar-refractivity contribution in [1.82, 2.24) is 10.2 Å². The summed E-state index contributed by atoms with van der Waals surface area (Å²) in [6.07, 6.45) is 3.83. The highest BCUT2D eigenvalue weighted by Crippen LogP contribution is 2.23. The Morgan fingerprint density at radius 3 is 2.58 bits per heavy atom. The van der Waals surface area contributed by atoms with E-state index in [0.29, 0.717) is 5.56 Å². The number of hydrogen-bond donors (Lipinski definition) is 1. The van der Waals surface area contributed by atoms with Crippen LogP contribution in [0.25, 0.3) is 0 Å². The fourth-order valence-electron chi connectivity index (χ4n) is 2.99. The minimum atomic E-state index is -0.228. The van der Waals surface area contributed by atoms with Gasteiger partial charge in [0.05, 0.1) is 25.0 Å². The number of hydrogen-bond acceptors (Lipinski definition) is 4. The van der Waals surface area contributed by atoms with Gasteiger partial charge in [-0.1, -0.05) is 12.1 Å². The van der Waals surface area contributed by atoms with Crippen LogP contribution in [0.4, 0.5) is 0 Å². The van der Waals surface area contributed by atoms with E-state index in [2.05, 4.69) is 10.2 Å². The predicted octanol–water partition coefficient (Wildman–Crippen LogP) is 3.51. The van der Waals surface area contributed by atoms with Crippen molar-refractivity contribution in [2.24, 2.45) is 0 Å². The van der Waals surface area contributed by atoms with Gasteiger partial charge in [0, 0.05) is 6.54 Å². The van der Waals surface area contributed by atoms with E-state index in [1.165, 1.54) is 19.1 Å². The van der Waals surface area contributed by atoms with E-state index in [1.807, 2.05) is 24.3 Å². The number of nitrogens with one attached hydrogen (secondary N) is 1. The number of furan rings is 1. The maximum atomic E-state index is 12.5. The van der Waals surface area contributed by atoms with Crippen LogP contribution in [0.1, 0.15) is 34.8 Å². The average molecular weight is 349 g/mol. The second kappa shape index (κ2) is 7.73. The first kappa shape index (κ1) is 16.9. The highest BCUT2D eigenvalue weighted by molar-refractivity contribution is 6.32. The van der Waals surface area contributed by atoms with E-state index in [9.17, 15) is 4.79 Å². The zero-order chi connectivity index (χ0) is 16.9. The summed E-state index contributed by atoms with van der Waals surface area (Å²) in [5.74, 6) is 0.566. The average Bonchev–Trinajstić information content (AvgIpc) is 3.26. The number of likely N-dealkylation sites (tertiary alicyclic amines) is 1. The highest BCUT2D eigenvalue weighted by Gasteiger charge is 2.23. The fraction of sp³-hybridized carbons (Fsp3) is 0.389. The minimum Gasteiger partial charge on any atom is -0.497 e. The van der Waals surface area contributed by atoms with Gasteiger partial charge in [-0.05, 0) is 61.3 Å². The van der Waals surface area contributed by atoms with Crippen LogP contribution in [0, 0.1) is 0 Å². The van der Waals surface area contributed by atoms with Crippen LogP contribution in [0.2, 0.25) is 5.22 Å². The van der Waals surface area contributed by atoms with E-state index >= 15 is 0 Å². The molecule has 6 heteroatoms. The van der Waals surface area contributed by atoms with E-state index < -0.39 is 0 Å². The van der Waals surface area contributed by atoms with Crippen LogP contribution in [0.3, 0.4) is 0 Å². The lowest BCUT2D eigenvalue weighted by molar-refractivity contribution is 0.0927. The third-order valence-electron chi connectivity index (χ3n) is 4.33. The number of amides is 1. The molecule has 1 aromatic carbocycles. The summed E-state index contributed by atoms with van der Waals surface area (Å²) in [7, 11) is 1.64. The molecule has 1 amide bonds. The molecule has 1 atom stereocenters. The largest absolute Gasteiger partial charge is 0.497 e. The Hall–Kier alpha value is -1.98. The van der Waals surface area contributed by atoms with Crippen LogP contribution < -0.4 is 10.1 Å². The number of benzene rings is 1. The topological polar surface area (TPSA) is 54.7 Å². The lowest BCUT2D eigenvalue weighted by Gasteiger charge is -2.25. The maximum Gasteiger partial charge on any atom is 0.256 e. The Balaban J connectivity index is 1.77. The number of methoxy groups -OCH3 is 1. The maximum absolute atomic E-state index is 12.5. The third kappa shape index (κ3) is 3.91. The molecule has 0 bridgehead atoms. The predicted molar refractivity (Wildman–Crippen MR) is 92.6 cm³/mol. The van der Waals surface area contributed by atoms with Crippen molar-refractivity contribution >= 4 is 17.5 Å². The third-order valence-corrected chi connectivity index (χ3v) is 4.62. The Labute approximate surface area is 146 Å². The van der Waals surface area contributed by atoms with Crippen molar-refractivity contribution in [2.45, 2.75) is 18.9 Å². The first-order valence-electron chi connectivity index (χ1n) is 8.07. The van der Waals surface area contributed by atoms with Crippen LogP contribution in [-0.2, 0) is 0 Å². The molecule has 1 N–H and O–H groups in total. The first-order chi connectivity index (χ1) is 11.7. The van der Waals surface area contributed by atoms with Crippen molar-refractivity contribution in [2.75, 3.05) is 26.7 Å². The molecule has 1 saturated heterocycles.